The highest BCUT2D eigenvalue weighted by Gasteiger charge is 2.41. The third-order valence-corrected chi connectivity index (χ3v) is 6.20. The van der Waals surface area contributed by atoms with Crippen molar-refractivity contribution >= 4 is 21.6 Å². The number of hydrogen-bond acceptors (Lipinski definition) is 5. The van der Waals surface area contributed by atoms with Gasteiger partial charge in [0, 0.05) is 22.0 Å². The molecule has 0 saturated heterocycles. The minimum Gasteiger partial charge on any atom is -0.497 e. The predicted octanol–water partition coefficient (Wildman–Crippen LogP) is 6.26. The molecular formula is C26H23BrN2O3. The van der Waals surface area contributed by atoms with Gasteiger partial charge in [-0.3, -0.25) is 0 Å². The van der Waals surface area contributed by atoms with Crippen LogP contribution in [0.25, 0.3) is 0 Å². The highest BCUT2D eigenvalue weighted by atomic mass is 79.9. The molecule has 6 heteroatoms. The number of halogens is 1. The van der Waals surface area contributed by atoms with Crippen LogP contribution < -0.4 is 14.2 Å². The second kappa shape index (κ2) is 8.71. The van der Waals surface area contributed by atoms with E-state index in [1.807, 2.05) is 48.5 Å². The third-order valence-electron chi connectivity index (χ3n) is 5.71. The summed E-state index contributed by atoms with van der Waals surface area (Å²) >= 11 is 3.61. The molecule has 0 radical (unpaired) electrons. The quantitative estimate of drug-likeness (QED) is 0.382. The van der Waals surface area contributed by atoms with Crippen molar-refractivity contribution in [3.63, 3.8) is 0 Å². The molecule has 2 aliphatic rings. The van der Waals surface area contributed by atoms with Crippen LogP contribution in [0.15, 0.2) is 89.0 Å². The largest absolute Gasteiger partial charge is 0.497 e. The summed E-state index contributed by atoms with van der Waals surface area (Å²) in [6.07, 6.45) is 2.22. The highest BCUT2D eigenvalue weighted by molar-refractivity contribution is 9.10. The van der Waals surface area contributed by atoms with Crippen LogP contribution in [-0.4, -0.2) is 24.4 Å². The molecule has 2 aliphatic heterocycles. The van der Waals surface area contributed by atoms with Crippen molar-refractivity contribution in [1.82, 2.24) is 5.01 Å². The van der Waals surface area contributed by atoms with E-state index in [2.05, 4.69) is 45.7 Å². The summed E-state index contributed by atoms with van der Waals surface area (Å²) < 4.78 is 18.4. The van der Waals surface area contributed by atoms with E-state index in [1.54, 1.807) is 13.2 Å². The maximum Gasteiger partial charge on any atom is 0.213 e. The fraction of sp³-hybridized carbons (Fsp3) is 0.192. The zero-order valence-electron chi connectivity index (χ0n) is 17.7. The Morgan fingerprint density at radius 1 is 1.09 bits per heavy atom. The van der Waals surface area contributed by atoms with Gasteiger partial charge in [0.05, 0.1) is 18.9 Å². The molecule has 0 N–H and O–H groups in total. The number of ether oxygens (including phenoxy) is 3. The van der Waals surface area contributed by atoms with E-state index < -0.39 is 0 Å². The zero-order chi connectivity index (χ0) is 22.1. The van der Waals surface area contributed by atoms with E-state index in [0.29, 0.717) is 6.61 Å². The first-order valence-corrected chi connectivity index (χ1v) is 11.3. The first kappa shape index (κ1) is 20.6. The molecule has 162 valence electrons. The van der Waals surface area contributed by atoms with E-state index in [0.717, 1.165) is 50.5 Å². The topological polar surface area (TPSA) is 43.3 Å². The first-order valence-electron chi connectivity index (χ1n) is 10.5. The normalized spacial score (nSPS) is 18.8. The van der Waals surface area contributed by atoms with Crippen LogP contribution in [-0.2, 0) is 0 Å². The molecule has 3 aromatic rings. The van der Waals surface area contributed by atoms with Crippen molar-refractivity contribution in [2.24, 2.45) is 5.10 Å². The Morgan fingerprint density at radius 3 is 2.56 bits per heavy atom. The fourth-order valence-electron chi connectivity index (χ4n) is 4.12. The van der Waals surface area contributed by atoms with E-state index >= 15 is 0 Å². The van der Waals surface area contributed by atoms with Crippen LogP contribution in [0, 0.1) is 0 Å². The number of hydrazone groups is 1. The van der Waals surface area contributed by atoms with Gasteiger partial charge in [0.1, 0.15) is 23.9 Å². The van der Waals surface area contributed by atoms with Crippen LogP contribution in [0.1, 0.15) is 35.4 Å². The lowest BCUT2D eigenvalue weighted by Gasteiger charge is -2.38. The second-order valence-corrected chi connectivity index (χ2v) is 8.61. The average Bonchev–Trinajstić information content (AvgIpc) is 3.28. The lowest BCUT2D eigenvalue weighted by Crippen LogP contribution is -2.33. The fourth-order valence-corrected chi connectivity index (χ4v) is 4.50. The summed E-state index contributed by atoms with van der Waals surface area (Å²) in [5.74, 6) is 2.52. The Hall–Kier alpha value is -3.25. The maximum atomic E-state index is 6.44. The van der Waals surface area contributed by atoms with Crippen molar-refractivity contribution in [3.05, 3.63) is 101 Å². The van der Waals surface area contributed by atoms with Gasteiger partial charge in [-0.15, -0.1) is 0 Å². The van der Waals surface area contributed by atoms with E-state index in [9.17, 15) is 0 Å². The molecule has 2 heterocycles. The van der Waals surface area contributed by atoms with Crippen LogP contribution in [0.2, 0.25) is 0 Å². The highest BCUT2D eigenvalue weighted by Crippen LogP contribution is 2.48. The van der Waals surface area contributed by atoms with Crippen LogP contribution in [0.4, 0.5) is 0 Å². The number of fused-ring (bicyclic) bond motifs is 3. The number of nitrogens with zero attached hydrogens (tertiary/aromatic N) is 2. The molecule has 5 rings (SSSR count). The molecule has 0 bridgehead atoms. The number of methoxy groups -OCH3 is 1. The van der Waals surface area contributed by atoms with Gasteiger partial charge >= 0.3 is 0 Å². The third kappa shape index (κ3) is 3.86. The standard InChI is InChI=1S/C26H23BrN2O3/c1-3-14-31-21-11-4-17(5-12-21)23-16-24-22-15-19(27)8-13-25(22)32-26(29(24)28-23)18-6-9-20(30-2)10-7-18/h3-13,15,24,26H,1,14,16H2,2H3/t24-,26+/m0/s1. The minimum absolute atomic E-state index is 0.0926. The minimum atomic E-state index is -0.313. The Kier molecular flexibility index (Phi) is 5.62. The van der Waals surface area contributed by atoms with Crippen molar-refractivity contribution in [3.8, 4) is 17.2 Å². The zero-order valence-corrected chi connectivity index (χ0v) is 19.3. The molecule has 0 aromatic heterocycles. The van der Waals surface area contributed by atoms with Crippen molar-refractivity contribution in [2.45, 2.75) is 18.7 Å². The molecule has 0 aliphatic carbocycles. The molecule has 0 amide bonds. The number of benzene rings is 3. The Bertz CT molecular complexity index is 1160. The smallest absolute Gasteiger partial charge is 0.213 e. The molecule has 2 atom stereocenters. The monoisotopic (exact) mass is 490 g/mol. The summed E-state index contributed by atoms with van der Waals surface area (Å²) in [5.41, 5.74) is 4.27. The summed E-state index contributed by atoms with van der Waals surface area (Å²) in [5, 5.41) is 7.10. The summed E-state index contributed by atoms with van der Waals surface area (Å²) in [7, 11) is 1.67. The maximum absolute atomic E-state index is 6.44. The molecule has 0 fully saturated rings. The molecule has 5 nitrogen and oxygen atoms in total. The van der Waals surface area contributed by atoms with Gasteiger partial charge in [0.15, 0.2) is 0 Å². The van der Waals surface area contributed by atoms with Crippen LogP contribution in [0.5, 0.6) is 17.2 Å². The van der Waals surface area contributed by atoms with Crippen LogP contribution >= 0.6 is 15.9 Å². The lowest BCUT2D eigenvalue weighted by atomic mass is 9.96. The SMILES string of the molecule is C=CCOc1ccc(C2=NN3[C@@H](c4ccc(OC)cc4)Oc4ccc(Br)cc4[C@@H]3C2)cc1. The predicted molar refractivity (Wildman–Crippen MR) is 128 cm³/mol. The van der Waals surface area contributed by atoms with Crippen molar-refractivity contribution in [2.75, 3.05) is 13.7 Å². The molecular weight excluding hydrogens is 468 g/mol. The Morgan fingerprint density at radius 2 is 1.84 bits per heavy atom. The van der Waals surface area contributed by atoms with Gasteiger partial charge in [0.2, 0.25) is 6.23 Å². The Balaban J connectivity index is 1.50. The van der Waals surface area contributed by atoms with Gasteiger partial charge < -0.3 is 14.2 Å². The molecule has 0 saturated carbocycles. The average molecular weight is 491 g/mol. The lowest BCUT2D eigenvalue weighted by molar-refractivity contribution is -0.0191. The van der Waals surface area contributed by atoms with Gasteiger partial charge in [-0.1, -0.05) is 28.6 Å². The van der Waals surface area contributed by atoms with Crippen molar-refractivity contribution in [1.29, 1.82) is 0 Å². The van der Waals surface area contributed by atoms with Gasteiger partial charge in [-0.2, -0.15) is 5.10 Å². The van der Waals surface area contributed by atoms with Crippen LogP contribution in [0.3, 0.4) is 0 Å². The first-order chi connectivity index (χ1) is 15.7. The van der Waals surface area contributed by atoms with Gasteiger partial charge in [-0.05, 0) is 72.3 Å². The number of rotatable bonds is 6. The summed E-state index contributed by atoms with van der Waals surface area (Å²) in [6, 6.07) is 22.3. The molecule has 3 aromatic carbocycles. The van der Waals surface area contributed by atoms with Gasteiger partial charge in [-0.25, -0.2) is 5.01 Å². The molecule has 32 heavy (non-hydrogen) atoms. The molecule has 0 unspecified atom stereocenters. The van der Waals surface area contributed by atoms with E-state index in [-0.39, 0.29) is 12.3 Å². The van der Waals surface area contributed by atoms with Gasteiger partial charge in [0.25, 0.3) is 0 Å². The summed E-state index contributed by atoms with van der Waals surface area (Å²) in [6.45, 7) is 4.18. The second-order valence-electron chi connectivity index (χ2n) is 7.70. The van der Waals surface area contributed by atoms with E-state index in [1.165, 1.54) is 0 Å². The van der Waals surface area contributed by atoms with Crippen molar-refractivity contribution < 1.29 is 14.2 Å². The molecule has 0 spiro atoms. The summed E-state index contributed by atoms with van der Waals surface area (Å²) in [4.78, 5) is 0. The number of hydrogen-bond donors (Lipinski definition) is 0. The van der Waals surface area contributed by atoms with E-state index in [4.69, 9.17) is 19.3 Å². The Labute approximate surface area is 196 Å².